The van der Waals surface area contributed by atoms with Crippen molar-refractivity contribution in [3.05, 3.63) is 34.4 Å². The molecule has 1 aromatic carbocycles. The summed E-state index contributed by atoms with van der Waals surface area (Å²) in [5.41, 5.74) is 1.64. The van der Waals surface area contributed by atoms with Gasteiger partial charge in [-0.15, -0.1) is 0 Å². The van der Waals surface area contributed by atoms with Crippen LogP contribution in [0.4, 0.5) is 0 Å². The molecule has 0 saturated heterocycles. The van der Waals surface area contributed by atoms with Crippen LogP contribution in [0.5, 0.6) is 0 Å². The van der Waals surface area contributed by atoms with Gasteiger partial charge in [0.05, 0.1) is 11.9 Å². The number of carboxylic acids is 1. The number of hydrogen-bond acceptors (Lipinski definition) is 1. The number of nitrogens with one attached hydrogen (secondary N) is 1. The van der Waals surface area contributed by atoms with Crippen molar-refractivity contribution in [2.45, 2.75) is 25.7 Å². The number of aromatic nitrogens is 1. The maximum Gasteiger partial charge on any atom is 0.304 e. The van der Waals surface area contributed by atoms with Gasteiger partial charge in [-0.05, 0) is 21.5 Å². The Balaban J connectivity index is 2.58. The van der Waals surface area contributed by atoms with Gasteiger partial charge >= 0.3 is 5.97 Å². The molecule has 2 aromatic rings. The lowest BCUT2D eigenvalue weighted by Crippen LogP contribution is -2.22. The van der Waals surface area contributed by atoms with Crippen LogP contribution in [-0.2, 0) is 10.2 Å². The van der Waals surface area contributed by atoms with Crippen molar-refractivity contribution in [2.75, 3.05) is 0 Å². The third kappa shape index (κ3) is 2.22. The predicted molar refractivity (Wildman–Crippen MR) is 71.3 cm³/mol. The highest BCUT2D eigenvalue weighted by Crippen LogP contribution is 2.34. The maximum absolute atomic E-state index is 10.9. The first-order valence-electron chi connectivity index (χ1n) is 5.40. The van der Waals surface area contributed by atoms with Crippen LogP contribution in [0.3, 0.4) is 0 Å². The van der Waals surface area contributed by atoms with Gasteiger partial charge in [-0.2, -0.15) is 0 Å². The normalized spacial score (nSPS) is 11.9. The summed E-state index contributed by atoms with van der Waals surface area (Å²) in [6.07, 6.45) is 1.99. The lowest BCUT2D eigenvalue weighted by molar-refractivity contribution is -0.138. The molecule has 0 aliphatic carbocycles. The quantitative estimate of drug-likeness (QED) is 0.907. The Labute approximate surface area is 108 Å². The monoisotopic (exact) mass is 295 g/mol. The molecule has 0 amide bonds. The molecule has 17 heavy (non-hydrogen) atoms. The summed E-state index contributed by atoms with van der Waals surface area (Å²) in [5.74, 6) is -0.780. The van der Waals surface area contributed by atoms with E-state index in [2.05, 4.69) is 20.9 Å². The van der Waals surface area contributed by atoms with Gasteiger partial charge in [0.2, 0.25) is 0 Å². The van der Waals surface area contributed by atoms with Crippen LogP contribution < -0.4 is 0 Å². The largest absolute Gasteiger partial charge is 0.481 e. The highest BCUT2D eigenvalue weighted by Gasteiger charge is 2.26. The van der Waals surface area contributed by atoms with Crippen LogP contribution in [0.25, 0.3) is 10.9 Å². The van der Waals surface area contributed by atoms with Crippen molar-refractivity contribution >= 4 is 32.8 Å². The van der Waals surface area contributed by atoms with Crippen molar-refractivity contribution in [3.63, 3.8) is 0 Å². The average Bonchev–Trinajstić information content (AvgIpc) is 2.58. The Kier molecular flexibility index (Phi) is 3.00. The third-order valence-corrected chi connectivity index (χ3v) is 3.64. The molecule has 0 aliphatic heterocycles. The number of para-hydroxylation sites is 1. The molecule has 2 N–H and O–H groups in total. The smallest absolute Gasteiger partial charge is 0.304 e. The number of hydrogen-bond donors (Lipinski definition) is 2. The zero-order chi connectivity index (χ0) is 12.6. The first-order valence-corrected chi connectivity index (χ1v) is 6.19. The van der Waals surface area contributed by atoms with Gasteiger partial charge in [0.1, 0.15) is 0 Å². The number of aromatic amines is 1. The molecule has 90 valence electrons. The minimum absolute atomic E-state index is 0.114. The van der Waals surface area contributed by atoms with E-state index in [4.69, 9.17) is 5.11 Å². The Morgan fingerprint density at radius 3 is 2.82 bits per heavy atom. The van der Waals surface area contributed by atoms with E-state index < -0.39 is 11.4 Å². The molecule has 2 rings (SSSR count). The Hall–Kier alpha value is -1.29. The second-order valence-corrected chi connectivity index (χ2v) is 5.67. The van der Waals surface area contributed by atoms with Crippen LogP contribution >= 0.6 is 15.9 Å². The first-order chi connectivity index (χ1) is 7.92. The number of halogens is 1. The zero-order valence-corrected chi connectivity index (χ0v) is 11.3. The van der Waals surface area contributed by atoms with Crippen LogP contribution in [0, 0.1) is 0 Å². The fourth-order valence-electron chi connectivity index (χ4n) is 2.16. The summed E-state index contributed by atoms with van der Waals surface area (Å²) in [7, 11) is 0. The number of benzene rings is 1. The average molecular weight is 296 g/mol. The predicted octanol–water partition coefficient (Wildman–Crippen LogP) is 3.68. The van der Waals surface area contributed by atoms with Crippen molar-refractivity contribution in [3.8, 4) is 0 Å². The number of carboxylic acid groups (broad SMARTS) is 1. The second-order valence-electron chi connectivity index (χ2n) is 4.82. The van der Waals surface area contributed by atoms with Crippen LogP contribution in [0.1, 0.15) is 25.8 Å². The third-order valence-electron chi connectivity index (χ3n) is 2.99. The standard InChI is InChI=1S/C13H14BrNO2/c1-13(2,6-11(16)17)9-5-3-4-8-10(14)7-15-12(8)9/h3-5,7,15H,6H2,1-2H3,(H,16,17). The van der Waals surface area contributed by atoms with Crippen LogP contribution in [0.2, 0.25) is 0 Å². The van der Waals surface area contributed by atoms with E-state index in [0.29, 0.717) is 0 Å². The van der Waals surface area contributed by atoms with Gasteiger partial charge in [0.25, 0.3) is 0 Å². The van der Waals surface area contributed by atoms with E-state index in [0.717, 1.165) is 20.9 Å². The summed E-state index contributed by atoms with van der Waals surface area (Å²) < 4.78 is 1.00. The number of rotatable bonds is 3. The summed E-state index contributed by atoms with van der Waals surface area (Å²) in [5, 5.41) is 10.1. The zero-order valence-electron chi connectivity index (χ0n) is 9.75. The minimum Gasteiger partial charge on any atom is -0.481 e. The Morgan fingerprint density at radius 1 is 1.47 bits per heavy atom. The first kappa shape index (κ1) is 12.2. The summed E-state index contributed by atoms with van der Waals surface area (Å²) in [4.78, 5) is 14.1. The topological polar surface area (TPSA) is 53.1 Å². The van der Waals surface area contributed by atoms with E-state index in [1.165, 1.54) is 0 Å². The summed E-state index contributed by atoms with van der Waals surface area (Å²) >= 11 is 3.47. The molecule has 1 aromatic heterocycles. The van der Waals surface area contributed by atoms with Gasteiger partial charge in [0, 0.05) is 21.5 Å². The lowest BCUT2D eigenvalue weighted by atomic mass is 9.81. The second kappa shape index (κ2) is 4.18. The van der Waals surface area contributed by atoms with Gasteiger partial charge in [-0.1, -0.05) is 32.0 Å². The Bertz CT molecular complexity index is 572. The lowest BCUT2D eigenvalue weighted by Gasteiger charge is -2.23. The van der Waals surface area contributed by atoms with E-state index in [1.807, 2.05) is 38.2 Å². The summed E-state index contributed by atoms with van der Waals surface area (Å²) in [6.45, 7) is 3.90. The van der Waals surface area contributed by atoms with Gasteiger partial charge < -0.3 is 10.1 Å². The van der Waals surface area contributed by atoms with Crippen LogP contribution in [0.15, 0.2) is 28.9 Å². The van der Waals surface area contributed by atoms with Gasteiger partial charge in [-0.25, -0.2) is 0 Å². The molecule has 0 radical (unpaired) electrons. The molecule has 4 heteroatoms. The fourth-order valence-corrected chi connectivity index (χ4v) is 2.60. The van der Waals surface area contributed by atoms with Crippen molar-refractivity contribution < 1.29 is 9.90 Å². The van der Waals surface area contributed by atoms with E-state index in [1.54, 1.807) is 0 Å². The molecular formula is C13H14BrNO2. The maximum atomic E-state index is 10.9. The molecule has 3 nitrogen and oxygen atoms in total. The molecule has 0 bridgehead atoms. The molecule has 0 saturated carbocycles. The van der Waals surface area contributed by atoms with Crippen molar-refractivity contribution in [1.82, 2.24) is 4.98 Å². The molecule has 1 heterocycles. The highest BCUT2D eigenvalue weighted by atomic mass is 79.9. The molecule has 0 atom stereocenters. The summed E-state index contributed by atoms with van der Waals surface area (Å²) in [6, 6.07) is 5.95. The number of fused-ring (bicyclic) bond motifs is 1. The minimum atomic E-state index is -0.780. The van der Waals surface area contributed by atoms with Crippen molar-refractivity contribution in [1.29, 1.82) is 0 Å². The van der Waals surface area contributed by atoms with Gasteiger partial charge in [-0.3, -0.25) is 4.79 Å². The highest BCUT2D eigenvalue weighted by molar-refractivity contribution is 9.10. The van der Waals surface area contributed by atoms with E-state index >= 15 is 0 Å². The van der Waals surface area contributed by atoms with E-state index in [-0.39, 0.29) is 6.42 Å². The van der Waals surface area contributed by atoms with E-state index in [9.17, 15) is 4.79 Å². The van der Waals surface area contributed by atoms with Gasteiger partial charge in [0.15, 0.2) is 0 Å². The Morgan fingerprint density at radius 2 is 2.18 bits per heavy atom. The molecule has 0 aliphatic rings. The molecular weight excluding hydrogens is 282 g/mol. The molecule has 0 spiro atoms. The number of aliphatic carboxylic acids is 1. The van der Waals surface area contributed by atoms with Crippen LogP contribution in [-0.4, -0.2) is 16.1 Å². The fraction of sp³-hybridized carbons (Fsp3) is 0.308. The SMILES string of the molecule is CC(C)(CC(=O)O)c1cccc2c(Br)c[nH]c12. The number of carbonyl (C=O) groups is 1. The molecule has 0 fully saturated rings. The number of H-pyrrole nitrogens is 1. The van der Waals surface area contributed by atoms with Crippen molar-refractivity contribution in [2.24, 2.45) is 0 Å². The molecule has 0 unspecified atom stereocenters.